The summed E-state index contributed by atoms with van der Waals surface area (Å²) < 4.78 is 6.00. The van der Waals surface area contributed by atoms with Gasteiger partial charge in [-0.3, -0.25) is 9.59 Å². The van der Waals surface area contributed by atoms with E-state index in [1.54, 1.807) is 24.3 Å². The van der Waals surface area contributed by atoms with E-state index in [1.165, 1.54) is 0 Å². The number of amides is 1. The molecule has 1 atom stereocenters. The minimum Gasteiger partial charge on any atom is -0.373 e. The Bertz CT molecular complexity index is 826. The summed E-state index contributed by atoms with van der Waals surface area (Å²) in [7, 11) is 0. The summed E-state index contributed by atoms with van der Waals surface area (Å²) in [6, 6.07) is 6.97. The lowest BCUT2D eigenvalue weighted by molar-refractivity contribution is -0.0194. The largest absolute Gasteiger partial charge is 0.373 e. The molecule has 1 aromatic heterocycles. The molecule has 1 amide bonds. The predicted octanol–water partition coefficient (Wildman–Crippen LogP) is 0.564. The summed E-state index contributed by atoms with van der Waals surface area (Å²) in [6.45, 7) is 2.42. The Morgan fingerprint density at radius 3 is 2.79 bits per heavy atom. The minimum atomic E-state index is -0.292. The Labute approximate surface area is 138 Å². The van der Waals surface area contributed by atoms with Crippen LogP contribution in [-0.4, -0.2) is 47.4 Å². The van der Waals surface area contributed by atoms with Crippen LogP contribution in [0.15, 0.2) is 29.1 Å². The summed E-state index contributed by atoms with van der Waals surface area (Å²) in [4.78, 5) is 24.5. The first-order chi connectivity index (χ1) is 11.7. The average molecular weight is 328 g/mol. The van der Waals surface area contributed by atoms with Gasteiger partial charge in [-0.15, -0.1) is 0 Å². The molecule has 2 aliphatic heterocycles. The SMILES string of the molecule is O=C(NC1COC2(CCNCC2)C1)c1n[nH]c(=O)c2ccccc12. The van der Waals surface area contributed by atoms with Crippen LogP contribution in [0.4, 0.5) is 0 Å². The lowest BCUT2D eigenvalue weighted by Gasteiger charge is -2.32. The van der Waals surface area contributed by atoms with E-state index < -0.39 is 0 Å². The van der Waals surface area contributed by atoms with Gasteiger partial charge in [-0.1, -0.05) is 18.2 Å². The van der Waals surface area contributed by atoms with Crippen molar-refractivity contribution in [2.24, 2.45) is 0 Å². The Kier molecular flexibility index (Phi) is 3.82. The van der Waals surface area contributed by atoms with E-state index in [1.807, 2.05) is 0 Å². The maximum Gasteiger partial charge on any atom is 0.272 e. The molecule has 7 heteroatoms. The molecule has 4 rings (SSSR count). The molecule has 0 aliphatic carbocycles. The van der Waals surface area contributed by atoms with E-state index in [4.69, 9.17) is 4.74 Å². The number of aromatic nitrogens is 2. The summed E-state index contributed by atoms with van der Waals surface area (Å²) in [5, 5.41) is 13.7. The maximum atomic E-state index is 12.6. The molecule has 1 aromatic carbocycles. The van der Waals surface area contributed by atoms with Crippen LogP contribution < -0.4 is 16.2 Å². The van der Waals surface area contributed by atoms with Crippen molar-refractivity contribution in [1.82, 2.24) is 20.8 Å². The number of nitrogens with one attached hydrogen (secondary N) is 3. The number of benzene rings is 1. The highest BCUT2D eigenvalue weighted by Gasteiger charge is 2.41. The number of nitrogens with zero attached hydrogens (tertiary/aromatic N) is 1. The van der Waals surface area contributed by atoms with Crippen LogP contribution in [-0.2, 0) is 4.74 Å². The molecular formula is C17H20N4O3. The first-order valence-electron chi connectivity index (χ1n) is 8.30. The van der Waals surface area contributed by atoms with Crippen molar-refractivity contribution in [2.75, 3.05) is 19.7 Å². The molecular weight excluding hydrogens is 308 g/mol. The van der Waals surface area contributed by atoms with Crippen LogP contribution in [0.5, 0.6) is 0 Å². The first-order valence-corrected chi connectivity index (χ1v) is 8.30. The number of carbonyl (C=O) groups excluding carboxylic acids is 1. The number of aromatic amines is 1. The number of carbonyl (C=O) groups is 1. The zero-order valence-electron chi connectivity index (χ0n) is 13.3. The van der Waals surface area contributed by atoms with Crippen molar-refractivity contribution in [2.45, 2.75) is 30.9 Å². The fourth-order valence-electron chi connectivity index (χ4n) is 3.71. The summed E-state index contributed by atoms with van der Waals surface area (Å²) >= 11 is 0. The highest BCUT2D eigenvalue weighted by Crippen LogP contribution is 2.34. The molecule has 24 heavy (non-hydrogen) atoms. The van der Waals surface area contributed by atoms with E-state index in [0.717, 1.165) is 32.4 Å². The predicted molar refractivity (Wildman–Crippen MR) is 89.0 cm³/mol. The number of piperidine rings is 1. The fourth-order valence-corrected chi connectivity index (χ4v) is 3.71. The quantitative estimate of drug-likeness (QED) is 0.749. The third-order valence-electron chi connectivity index (χ3n) is 4.97. The second kappa shape index (κ2) is 5.99. The van der Waals surface area contributed by atoms with Crippen molar-refractivity contribution in [3.63, 3.8) is 0 Å². The van der Waals surface area contributed by atoms with Gasteiger partial charge in [0.2, 0.25) is 0 Å². The van der Waals surface area contributed by atoms with Crippen LogP contribution in [0, 0.1) is 0 Å². The highest BCUT2D eigenvalue weighted by molar-refractivity contribution is 6.04. The third-order valence-corrected chi connectivity index (χ3v) is 4.97. The molecule has 2 saturated heterocycles. The number of ether oxygens (including phenoxy) is 1. The molecule has 0 saturated carbocycles. The fraction of sp³-hybridized carbons (Fsp3) is 0.471. The van der Waals surface area contributed by atoms with Gasteiger partial charge in [0.25, 0.3) is 11.5 Å². The Balaban J connectivity index is 1.53. The molecule has 126 valence electrons. The van der Waals surface area contributed by atoms with Crippen molar-refractivity contribution in [3.05, 3.63) is 40.3 Å². The number of fused-ring (bicyclic) bond motifs is 1. The molecule has 0 bridgehead atoms. The second-order valence-electron chi connectivity index (χ2n) is 6.57. The van der Waals surface area contributed by atoms with Crippen LogP contribution >= 0.6 is 0 Å². The molecule has 2 fully saturated rings. The monoisotopic (exact) mass is 328 g/mol. The van der Waals surface area contributed by atoms with Gasteiger partial charge >= 0.3 is 0 Å². The van der Waals surface area contributed by atoms with Crippen molar-refractivity contribution < 1.29 is 9.53 Å². The third kappa shape index (κ3) is 2.70. The number of rotatable bonds is 2. The molecule has 2 aromatic rings. The van der Waals surface area contributed by atoms with Gasteiger partial charge in [0.1, 0.15) is 0 Å². The molecule has 2 aliphatic rings. The Morgan fingerprint density at radius 2 is 2.00 bits per heavy atom. The van der Waals surface area contributed by atoms with Crippen molar-refractivity contribution in [1.29, 1.82) is 0 Å². The molecule has 3 heterocycles. The van der Waals surface area contributed by atoms with Crippen LogP contribution in [0.25, 0.3) is 10.8 Å². The normalized spacial score (nSPS) is 22.8. The molecule has 0 radical (unpaired) electrons. The zero-order chi connectivity index (χ0) is 16.6. The van der Waals surface area contributed by atoms with Gasteiger partial charge in [-0.05, 0) is 38.4 Å². The summed E-state index contributed by atoms with van der Waals surface area (Å²) in [5.41, 5.74) is -0.152. The van der Waals surface area contributed by atoms with E-state index in [0.29, 0.717) is 17.4 Å². The van der Waals surface area contributed by atoms with Crippen LogP contribution in [0.1, 0.15) is 29.8 Å². The topological polar surface area (TPSA) is 96.1 Å². The van der Waals surface area contributed by atoms with Gasteiger partial charge in [0.05, 0.1) is 23.6 Å². The number of hydrogen-bond donors (Lipinski definition) is 3. The molecule has 1 spiro atoms. The van der Waals surface area contributed by atoms with Gasteiger partial charge in [-0.25, -0.2) is 5.10 Å². The van der Waals surface area contributed by atoms with Crippen LogP contribution in [0.3, 0.4) is 0 Å². The highest BCUT2D eigenvalue weighted by atomic mass is 16.5. The molecule has 3 N–H and O–H groups in total. The van der Waals surface area contributed by atoms with Gasteiger partial charge in [0.15, 0.2) is 5.69 Å². The zero-order valence-corrected chi connectivity index (χ0v) is 13.3. The van der Waals surface area contributed by atoms with Crippen molar-refractivity contribution >= 4 is 16.7 Å². The lowest BCUT2D eigenvalue weighted by Crippen LogP contribution is -2.43. The van der Waals surface area contributed by atoms with Crippen LogP contribution in [0.2, 0.25) is 0 Å². The second-order valence-corrected chi connectivity index (χ2v) is 6.57. The Morgan fingerprint density at radius 1 is 1.25 bits per heavy atom. The minimum absolute atomic E-state index is 0.0249. The maximum absolute atomic E-state index is 12.6. The smallest absolute Gasteiger partial charge is 0.272 e. The van der Waals surface area contributed by atoms with E-state index >= 15 is 0 Å². The molecule has 7 nitrogen and oxygen atoms in total. The summed E-state index contributed by atoms with van der Waals surface area (Å²) in [6.07, 6.45) is 2.76. The van der Waals surface area contributed by atoms with Gasteiger partial charge in [-0.2, -0.15) is 5.10 Å². The standard InChI is InChI=1S/C17H20N4O3/c22-15-13-4-2-1-3-12(13)14(20-21-15)16(23)19-11-9-17(24-10-11)5-7-18-8-6-17/h1-4,11,18H,5-10H2,(H,19,23)(H,21,22). The van der Waals surface area contributed by atoms with Gasteiger partial charge < -0.3 is 15.4 Å². The van der Waals surface area contributed by atoms with Crippen molar-refractivity contribution in [3.8, 4) is 0 Å². The van der Waals surface area contributed by atoms with Gasteiger partial charge in [0, 0.05) is 5.39 Å². The van der Waals surface area contributed by atoms with E-state index in [9.17, 15) is 9.59 Å². The first kappa shape index (κ1) is 15.3. The summed E-state index contributed by atoms with van der Waals surface area (Å²) in [5.74, 6) is -0.276. The molecule has 1 unspecified atom stereocenters. The average Bonchev–Trinajstić information content (AvgIpc) is 2.98. The lowest BCUT2D eigenvalue weighted by atomic mass is 9.88. The number of H-pyrrole nitrogens is 1. The van der Waals surface area contributed by atoms with E-state index in [2.05, 4.69) is 20.8 Å². The Hall–Kier alpha value is -2.25. The number of hydrogen-bond acceptors (Lipinski definition) is 5. The van der Waals surface area contributed by atoms with E-state index in [-0.39, 0.29) is 28.8 Å².